The minimum absolute atomic E-state index is 0.0809. The monoisotopic (exact) mass is 340 g/mol. The fraction of sp³-hybridized carbons (Fsp3) is 0.333. The Morgan fingerprint density at radius 1 is 1.36 bits per heavy atom. The first-order valence-corrected chi connectivity index (χ1v) is 8.11. The van der Waals surface area contributed by atoms with Crippen molar-refractivity contribution >= 4 is 17.7 Å². The summed E-state index contributed by atoms with van der Waals surface area (Å²) in [6.07, 6.45) is 3.69. The van der Waals surface area contributed by atoms with Crippen LogP contribution in [0.4, 0.5) is 5.82 Å². The molecule has 7 heteroatoms. The van der Waals surface area contributed by atoms with Crippen LogP contribution in [0.2, 0.25) is 0 Å². The van der Waals surface area contributed by atoms with Crippen LogP contribution < -0.4 is 5.73 Å². The summed E-state index contributed by atoms with van der Waals surface area (Å²) in [6.45, 7) is 2.76. The van der Waals surface area contributed by atoms with Crippen LogP contribution in [-0.2, 0) is 16.1 Å². The molecule has 0 unspecified atom stereocenters. The Bertz CT molecular complexity index is 804. The van der Waals surface area contributed by atoms with Crippen LogP contribution in [0.1, 0.15) is 29.3 Å². The first-order valence-electron chi connectivity index (χ1n) is 8.11. The van der Waals surface area contributed by atoms with Crippen LogP contribution in [0.15, 0.2) is 30.6 Å². The fourth-order valence-electron chi connectivity index (χ4n) is 2.96. The van der Waals surface area contributed by atoms with Gasteiger partial charge in [-0.1, -0.05) is 19.1 Å². The highest BCUT2D eigenvalue weighted by molar-refractivity contribution is 5.99. The molecule has 0 radical (unpaired) electrons. The number of anilines is 1. The molecule has 25 heavy (non-hydrogen) atoms. The number of carbonyl (C=O) groups excluding carboxylic acids is 2. The van der Waals surface area contributed by atoms with E-state index < -0.39 is 0 Å². The molecule has 0 spiro atoms. The van der Waals surface area contributed by atoms with E-state index in [0.717, 1.165) is 11.1 Å². The van der Waals surface area contributed by atoms with Crippen molar-refractivity contribution in [1.29, 1.82) is 0 Å². The minimum Gasteiger partial charge on any atom is -0.469 e. The molecule has 1 aliphatic heterocycles. The van der Waals surface area contributed by atoms with Crippen molar-refractivity contribution in [1.82, 2.24) is 14.9 Å². The second kappa shape index (κ2) is 6.88. The molecule has 0 bridgehead atoms. The number of aromatic nitrogens is 2. The van der Waals surface area contributed by atoms with Gasteiger partial charge in [-0.3, -0.25) is 14.6 Å². The van der Waals surface area contributed by atoms with E-state index in [1.54, 1.807) is 11.1 Å². The summed E-state index contributed by atoms with van der Waals surface area (Å²) in [5.74, 6) is -0.335. The van der Waals surface area contributed by atoms with Crippen LogP contribution in [-0.4, -0.2) is 40.4 Å². The van der Waals surface area contributed by atoms with Crippen molar-refractivity contribution in [2.75, 3.05) is 19.4 Å². The van der Waals surface area contributed by atoms with Gasteiger partial charge in [-0.25, -0.2) is 4.98 Å². The maximum Gasteiger partial charge on any atom is 0.310 e. The third-order valence-corrected chi connectivity index (χ3v) is 4.42. The highest BCUT2D eigenvalue weighted by Gasteiger charge is 2.31. The Hall–Kier alpha value is -2.96. The second-order valence-corrected chi connectivity index (χ2v) is 6.01. The van der Waals surface area contributed by atoms with Gasteiger partial charge < -0.3 is 15.4 Å². The van der Waals surface area contributed by atoms with Gasteiger partial charge >= 0.3 is 5.97 Å². The van der Waals surface area contributed by atoms with Gasteiger partial charge in [0, 0.05) is 24.2 Å². The van der Waals surface area contributed by atoms with Crippen LogP contribution in [0.25, 0.3) is 11.3 Å². The lowest BCUT2D eigenvalue weighted by molar-refractivity contribution is -0.146. The quantitative estimate of drug-likeness (QED) is 0.835. The summed E-state index contributed by atoms with van der Waals surface area (Å²) in [7, 11) is 1.37. The molecule has 1 aromatic heterocycles. The number of carbonyl (C=O) groups is 2. The van der Waals surface area contributed by atoms with Crippen LogP contribution in [0.5, 0.6) is 0 Å². The Labute approximate surface area is 145 Å². The van der Waals surface area contributed by atoms with E-state index in [9.17, 15) is 9.59 Å². The second-order valence-electron chi connectivity index (χ2n) is 6.01. The third kappa shape index (κ3) is 3.31. The smallest absolute Gasteiger partial charge is 0.310 e. The molecule has 3 rings (SSSR count). The van der Waals surface area contributed by atoms with Crippen molar-refractivity contribution in [3.8, 4) is 11.3 Å². The van der Waals surface area contributed by atoms with Gasteiger partial charge in [0.1, 0.15) is 5.82 Å². The van der Waals surface area contributed by atoms with Crippen molar-refractivity contribution in [3.63, 3.8) is 0 Å². The van der Waals surface area contributed by atoms with E-state index in [4.69, 9.17) is 10.5 Å². The highest BCUT2D eigenvalue weighted by atomic mass is 16.5. The molecular formula is C18H20N4O3. The number of nitrogens with zero attached hydrogens (tertiary/aromatic N) is 3. The molecule has 2 heterocycles. The van der Waals surface area contributed by atoms with Gasteiger partial charge in [-0.05, 0) is 18.1 Å². The number of nitrogens with two attached hydrogens (primary N) is 1. The molecule has 0 saturated carbocycles. The number of hydrogen-bond acceptors (Lipinski definition) is 6. The number of esters is 1. The molecule has 1 aromatic carbocycles. The van der Waals surface area contributed by atoms with Gasteiger partial charge in [0.25, 0.3) is 5.91 Å². The minimum atomic E-state index is -0.314. The van der Waals surface area contributed by atoms with Gasteiger partial charge in [0.2, 0.25) is 0 Å². The number of methoxy groups -OCH3 is 1. The maximum atomic E-state index is 12.7. The fourth-order valence-corrected chi connectivity index (χ4v) is 2.96. The molecule has 2 N–H and O–H groups in total. The zero-order chi connectivity index (χ0) is 18.0. The summed E-state index contributed by atoms with van der Waals surface area (Å²) in [5.41, 5.74) is 8.60. The summed E-state index contributed by atoms with van der Waals surface area (Å²) in [4.78, 5) is 34.5. The van der Waals surface area contributed by atoms with E-state index in [2.05, 4.69) is 9.97 Å². The lowest BCUT2D eigenvalue weighted by Crippen LogP contribution is -2.33. The summed E-state index contributed by atoms with van der Waals surface area (Å²) in [5, 5.41) is 0. The zero-order valence-corrected chi connectivity index (χ0v) is 14.2. The average Bonchev–Trinajstić information content (AvgIpc) is 2.95. The van der Waals surface area contributed by atoms with Crippen molar-refractivity contribution in [2.45, 2.75) is 19.9 Å². The molecule has 1 atom stereocenters. The van der Waals surface area contributed by atoms with E-state index in [1.807, 2.05) is 25.1 Å². The Balaban J connectivity index is 1.82. The summed E-state index contributed by atoms with van der Waals surface area (Å²) in [6, 6.07) is 5.64. The van der Waals surface area contributed by atoms with Crippen LogP contribution >= 0.6 is 0 Å². The summed E-state index contributed by atoms with van der Waals surface area (Å²) >= 11 is 0. The molecule has 7 nitrogen and oxygen atoms in total. The van der Waals surface area contributed by atoms with Gasteiger partial charge in [0.15, 0.2) is 0 Å². The lowest BCUT2D eigenvalue weighted by Gasteiger charge is -2.20. The lowest BCUT2D eigenvalue weighted by atomic mass is 10.0. The number of rotatable bonds is 5. The van der Waals surface area contributed by atoms with Gasteiger partial charge in [-0.15, -0.1) is 0 Å². The van der Waals surface area contributed by atoms with Crippen LogP contribution in [0, 0.1) is 5.92 Å². The third-order valence-electron chi connectivity index (χ3n) is 4.42. The Morgan fingerprint density at radius 3 is 2.80 bits per heavy atom. The molecule has 0 fully saturated rings. The van der Waals surface area contributed by atoms with E-state index >= 15 is 0 Å². The maximum absolute atomic E-state index is 12.7. The zero-order valence-electron chi connectivity index (χ0n) is 14.2. The predicted molar refractivity (Wildman–Crippen MR) is 92.4 cm³/mol. The molecule has 0 aliphatic carbocycles. The molecule has 0 saturated heterocycles. The molecule has 2 aromatic rings. The standard InChI is InChI=1S/C18H20N4O3/c1-3-11(18(24)25-2)9-22-10-13-5-4-12(6-14(13)17(22)23)15-7-21-16(19)8-20-15/h4-8,11H,3,9-10H2,1-2H3,(H2,19,21)/t11-/m0/s1. The molecule has 130 valence electrons. The molecule has 1 amide bonds. The first-order chi connectivity index (χ1) is 12.0. The highest BCUT2D eigenvalue weighted by Crippen LogP contribution is 2.28. The van der Waals surface area contributed by atoms with E-state index in [-0.39, 0.29) is 17.8 Å². The number of nitrogen functional groups attached to an aromatic ring is 1. The predicted octanol–water partition coefficient (Wildman–Crippen LogP) is 1.88. The van der Waals surface area contributed by atoms with Crippen molar-refractivity contribution in [2.24, 2.45) is 5.92 Å². The number of amides is 1. The number of ether oxygens (including phenoxy) is 1. The normalized spacial score (nSPS) is 14.3. The van der Waals surface area contributed by atoms with Crippen molar-refractivity contribution in [3.05, 3.63) is 41.7 Å². The van der Waals surface area contributed by atoms with E-state index in [1.165, 1.54) is 13.3 Å². The summed E-state index contributed by atoms with van der Waals surface area (Å²) < 4.78 is 4.81. The Morgan fingerprint density at radius 2 is 2.16 bits per heavy atom. The largest absolute Gasteiger partial charge is 0.469 e. The first kappa shape index (κ1) is 16.9. The van der Waals surface area contributed by atoms with Crippen LogP contribution in [0.3, 0.4) is 0 Å². The van der Waals surface area contributed by atoms with E-state index in [0.29, 0.717) is 36.6 Å². The number of benzene rings is 1. The molecular weight excluding hydrogens is 320 g/mol. The SMILES string of the molecule is CC[C@@H](CN1Cc2ccc(-c3cnc(N)cn3)cc2C1=O)C(=O)OC. The van der Waals surface area contributed by atoms with Gasteiger partial charge in [-0.2, -0.15) is 0 Å². The number of fused-ring (bicyclic) bond motifs is 1. The topological polar surface area (TPSA) is 98.4 Å². The molecule has 1 aliphatic rings. The van der Waals surface area contributed by atoms with Gasteiger partial charge in [0.05, 0.1) is 31.1 Å². The average molecular weight is 340 g/mol. The van der Waals surface area contributed by atoms with Crippen molar-refractivity contribution < 1.29 is 14.3 Å². The number of hydrogen-bond donors (Lipinski definition) is 1. The Kier molecular flexibility index (Phi) is 4.65.